The number of rotatable bonds is 5. The lowest BCUT2D eigenvalue weighted by Crippen LogP contribution is -2.43. The van der Waals surface area contributed by atoms with Gasteiger partial charge in [0.2, 0.25) is 5.91 Å². The zero-order chi connectivity index (χ0) is 30.3. The second-order valence-corrected chi connectivity index (χ2v) is 10.5. The van der Waals surface area contributed by atoms with Crippen molar-refractivity contribution in [2.24, 2.45) is 23.2 Å². The second kappa shape index (κ2) is 13.6. The number of hydrogen-bond acceptors (Lipinski definition) is 6. The molecule has 2 N–H and O–H groups in total. The molecule has 1 aromatic heterocycles. The molecule has 3 aliphatic rings. The topological polar surface area (TPSA) is 120 Å². The molecule has 0 unspecified atom stereocenters. The summed E-state index contributed by atoms with van der Waals surface area (Å²) in [6.07, 6.45) is -3.23. The van der Waals surface area contributed by atoms with Gasteiger partial charge in [-0.15, -0.1) is 0 Å². The van der Waals surface area contributed by atoms with Crippen LogP contribution in [0.5, 0.6) is 0 Å². The predicted octanol–water partition coefficient (Wildman–Crippen LogP) is 3.69. The number of carboxylic acid groups (broad SMARTS) is 2. The zero-order valence-corrected chi connectivity index (χ0v) is 22.0. The molecule has 2 saturated heterocycles. The molecule has 1 spiro atoms. The highest BCUT2D eigenvalue weighted by molar-refractivity contribution is 5.80. The van der Waals surface area contributed by atoms with E-state index >= 15 is 0 Å². The van der Waals surface area contributed by atoms with Crippen LogP contribution in [0.4, 0.5) is 26.3 Å². The van der Waals surface area contributed by atoms with E-state index in [0.29, 0.717) is 24.3 Å². The fraction of sp³-hybridized carbons (Fsp3) is 0.680. The van der Waals surface area contributed by atoms with Crippen LogP contribution >= 0.6 is 0 Å². The summed E-state index contributed by atoms with van der Waals surface area (Å²) in [7, 11) is 2.20. The first kappa shape index (κ1) is 33.3. The SMILES string of the molecule is CC1CC(C(=O)N2CC[C@@]3(CN(C)C[C@H]3COCc3cccnc3)C2)C1.O=C(O)C(F)(F)F.O=C(O)C(F)(F)F. The standard InChI is InChI=1S/C21H31N3O2.2C2HF3O2/c1-16-8-18(9-16)20(25)24-7-5-21(15-24)14-23(2)11-19(21)13-26-12-17-4-3-6-22-10-17;2*3-2(4,5)1(6)7/h3-4,6,10,16,18-19H,5,7-9,11-15H2,1-2H3;2*(H,6,7)/t16?,18?,19-,21+;;/m0../s1. The van der Waals surface area contributed by atoms with Gasteiger partial charge in [0.1, 0.15) is 0 Å². The lowest BCUT2D eigenvalue weighted by Gasteiger charge is -2.36. The summed E-state index contributed by atoms with van der Waals surface area (Å²) < 4.78 is 69.5. The summed E-state index contributed by atoms with van der Waals surface area (Å²) in [6, 6.07) is 4.00. The number of ether oxygens (including phenoxy) is 1. The van der Waals surface area contributed by atoms with Crippen molar-refractivity contribution in [2.45, 2.75) is 45.1 Å². The molecular formula is C25H33F6N3O6. The van der Waals surface area contributed by atoms with E-state index in [2.05, 4.69) is 34.8 Å². The highest BCUT2D eigenvalue weighted by Gasteiger charge is 2.51. The van der Waals surface area contributed by atoms with Gasteiger partial charge in [0.05, 0.1) is 13.2 Å². The van der Waals surface area contributed by atoms with Crippen LogP contribution in [0.1, 0.15) is 31.7 Å². The van der Waals surface area contributed by atoms with Gasteiger partial charge in [0.25, 0.3) is 0 Å². The number of halogens is 6. The smallest absolute Gasteiger partial charge is 0.475 e. The quantitative estimate of drug-likeness (QED) is 0.503. The third kappa shape index (κ3) is 9.61. The molecule has 0 aromatic carbocycles. The van der Waals surface area contributed by atoms with Gasteiger partial charge >= 0.3 is 24.3 Å². The van der Waals surface area contributed by atoms with Crippen molar-refractivity contribution >= 4 is 17.8 Å². The van der Waals surface area contributed by atoms with Gasteiger partial charge in [-0.3, -0.25) is 9.78 Å². The summed E-state index contributed by atoms with van der Waals surface area (Å²) >= 11 is 0. The number of aliphatic carboxylic acids is 2. The van der Waals surface area contributed by atoms with E-state index in [1.165, 1.54) is 0 Å². The summed E-state index contributed by atoms with van der Waals surface area (Å²) in [6.45, 7) is 7.62. The molecule has 1 amide bonds. The number of pyridine rings is 1. The molecule has 40 heavy (non-hydrogen) atoms. The highest BCUT2D eigenvalue weighted by atomic mass is 19.4. The Hall–Kier alpha value is -2.94. The van der Waals surface area contributed by atoms with Gasteiger partial charge in [-0.1, -0.05) is 13.0 Å². The van der Waals surface area contributed by atoms with Crippen molar-refractivity contribution in [1.82, 2.24) is 14.8 Å². The fourth-order valence-corrected chi connectivity index (χ4v) is 5.24. The Morgan fingerprint density at radius 3 is 2.12 bits per heavy atom. The molecule has 15 heteroatoms. The van der Waals surface area contributed by atoms with E-state index in [-0.39, 0.29) is 5.41 Å². The molecule has 1 saturated carbocycles. The third-order valence-corrected chi connectivity index (χ3v) is 7.20. The monoisotopic (exact) mass is 585 g/mol. The Balaban J connectivity index is 0.000000333. The van der Waals surface area contributed by atoms with Crippen LogP contribution in [-0.2, 0) is 25.7 Å². The highest BCUT2D eigenvalue weighted by Crippen LogP contribution is 2.45. The maximum absolute atomic E-state index is 12.8. The Labute approximate surface area is 227 Å². The third-order valence-electron chi connectivity index (χ3n) is 7.20. The van der Waals surface area contributed by atoms with Gasteiger partial charge in [0, 0.05) is 55.8 Å². The van der Waals surface area contributed by atoms with Gasteiger partial charge in [-0.05, 0) is 43.9 Å². The van der Waals surface area contributed by atoms with Crippen molar-refractivity contribution in [2.75, 3.05) is 39.8 Å². The number of carboxylic acids is 2. The maximum Gasteiger partial charge on any atom is 0.490 e. The minimum Gasteiger partial charge on any atom is -0.475 e. The summed E-state index contributed by atoms with van der Waals surface area (Å²) in [5.74, 6) is -3.59. The number of alkyl halides is 6. The number of nitrogens with zero attached hydrogens (tertiary/aromatic N) is 3. The van der Waals surface area contributed by atoms with E-state index in [4.69, 9.17) is 24.5 Å². The van der Waals surface area contributed by atoms with E-state index in [0.717, 1.165) is 63.5 Å². The summed E-state index contributed by atoms with van der Waals surface area (Å²) in [4.78, 5) is 39.3. The molecule has 3 heterocycles. The van der Waals surface area contributed by atoms with Gasteiger partial charge in [0.15, 0.2) is 0 Å². The fourth-order valence-electron chi connectivity index (χ4n) is 5.24. The average Bonchev–Trinajstić information content (AvgIpc) is 3.39. The zero-order valence-electron chi connectivity index (χ0n) is 22.0. The number of amides is 1. The van der Waals surface area contributed by atoms with Crippen molar-refractivity contribution in [3.05, 3.63) is 30.1 Å². The van der Waals surface area contributed by atoms with Gasteiger partial charge in [-0.25, -0.2) is 9.59 Å². The van der Waals surface area contributed by atoms with Crippen LogP contribution in [-0.4, -0.2) is 95.0 Å². The van der Waals surface area contributed by atoms with E-state index in [1.54, 1.807) is 6.20 Å². The minimum atomic E-state index is -5.08. The molecule has 0 bridgehead atoms. The number of likely N-dealkylation sites (tertiary alicyclic amines) is 2. The van der Waals surface area contributed by atoms with Crippen LogP contribution < -0.4 is 0 Å². The molecule has 0 radical (unpaired) electrons. The van der Waals surface area contributed by atoms with Crippen molar-refractivity contribution in [3.8, 4) is 0 Å². The average molecular weight is 586 g/mol. The van der Waals surface area contributed by atoms with Crippen LogP contribution in [0.2, 0.25) is 0 Å². The van der Waals surface area contributed by atoms with Crippen molar-refractivity contribution in [1.29, 1.82) is 0 Å². The molecule has 3 fully saturated rings. The first-order valence-corrected chi connectivity index (χ1v) is 12.5. The largest absolute Gasteiger partial charge is 0.490 e. The van der Waals surface area contributed by atoms with Crippen LogP contribution in [0.25, 0.3) is 0 Å². The lowest BCUT2D eigenvalue weighted by atomic mass is 9.75. The Morgan fingerprint density at radius 2 is 1.65 bits per heavy atom. The van der Waals surface area contributed by atoms with E-state index in [9.17, 15) is 31.1 Å². The molecule has 1 aromatic rings. The molecule has 2 atom stereocenters. The van der Waals surface area contributed by atoms with Crippen molar-refractivity contribution in [3.63, 3.8) is 0 Å². The summed E-state index contributed by atoms with van der Waals surface area (Å²) in [5.41, 5.74) is 1.34. The molecule has 226 valence electrons. The second-order valence-electron chi connectivity index (χ2n) is 10.5. The van der Waals surface area contributed by atoms with Crippen LogP contribution in [0.15, 0.2) is 24.5 Å². The van der Waals surface area contributed by atoms with Crippen molar-refractivity contribution < 1.29 is 55.7 Å². The van der Waals surface area contributed by atoms with E-state index in [1.807, 2.05) is 12.3 Å². The molecule has 1 aliphatic carbocycles. The van der Waals surface area contributed by atoms with Gasteiger partial charge < -0.3 is 24.7 Å². The number of aromatic nitrogens is 1. The maximum atomic E-state index is 12.8. The first-order chi connectivity index (χ1) is 18.4. The Bertz CT molecular complexity index is 979. The van der Waals surface area contributed by atoms with Gasteiger partial charge in [-0.2, -0.15) is 26.3 Å². The first-order valence-electron chi connectivity index (χ1n) is 12.5. The Morgan fingerprint density at radius 1 is 1.07 bits per heavy atom. The summed E-state index contributed by atoms with van der Waals surface area (Å²) in [5, 5.41) is 14.2. The predicted molar refractivity (Wildman–Crippen MR) is 128 cm³/mol. The molecule has 2 aliphatic heterocycles. The number of hydrogen-bond donors (Lipinski definition) is 2. The molecule has 4 rings (SSSR count). The number of carbonyl (C=O) groups excluding carboxylic acids is 1. The van der Waals surface area contributed by atoms with Crippen LogP contribution in [0, 0.1) is 23.2 Å². The molecule has 9 nitrogen and oxygen atoms in total. The number of carbonyl (C=O) groups is 3. The normalized spacial score (nSPS) is 26.3. The minimum absolute atomic E-state index is 0.217. The van der Waals surface area contributed by atoms with Crippen LogP contribution in [0.3, 0.4) is 0 Å². The Kier molecular flexibility index (Phi) is 11.3. The molecular weight excluding hydrogens is 552 g/mol. The van der Waals surface area contributed by atoms with E-state index < -0.39 is 24.3 Å². The lowest BCUT2D eigenvalue weighted by molar-refractivity contribution is -0.193.